The Hall–Kier alpha value is -1.75. The smallest absolute Gasteiger partial charge is 0.237 e. The molecule has 5 heteroatoms. The fourth-order valence-corrected chi connectivity index (χ4v) is 1.63. The predicted octanol–water partition coefficient (Wildman–Crippen LogP) is 0.769. The first-order chi connectivity index (χ1) is 8.22. The van der Waals surface area contributed by atoms with Gasteiger partial charge in [0, 0.05) is 12.1 Å². The van der Waals surface area contributed by atoms with Crippen molar-refractivity contribution in [1.29, 1.82) is 0 Å². The number of benzene rings is 1. The normalized spacial score (nSPS) is 14.5. The van der Waals surface area contributed by atoms with Crippen molar-refractivity contribution < 1.29 is 14.3 Å². The van der Waals surface area contributed by atoms with Crippen molar-refractivity contribution in [3.8, 4) is 11.5 Å². The van der Waals surface area contributed by atoms with Crippen molar-refractivity contribution in [2.75, 3.05) is 6.79 Å². The van der Waals surface area contributed by atoms with E-state index in [-0.39, 0.29) is 12.7 Å². The SMILES string of the molecule is CC[C@@H](N)C(=O)NCc1cccc2c1OCO2. The van der Waals surface area contributed by atoms with Crippen LogP contribution >= 0.6 is 0 Å². The summed E-state index contributed by atoms with van der Waals surface area (Å²) in [6.45, 7) is 2.51. The zero-order valence-electron chi connectivity index (χ0n) is 9.73. The third-order valence-corrected chi connectivity index (χ3v) is 2.71. The summed E-state index contributed by atoms with van der Waals surface area (Å²) in [5.41, 5.74) is 6.53. The molecule has 5 nitrogen and oxygen atoms in total. The molecule has 0 fully saturated rings. The second-order valence-corrected chi connectivity index (χ2v) is 3.88. The lowest BCUT2D eigenvalue weighted by molar-refractivity contribution is -0.122. The van der Waals surface area contributed by atoms with Crippen LogP contribution in [0.5, 0.6) is 11.5 Å². The molecule has 1 aliphatic rings. The number of ether oxygens (including phenoxy) is 2. The van der Waals surface area contributed by atoms with Crippen LogP contribution in [0.3, 0.4) is 0 Å². The Morgan fingerprint density at radius 1 is 1.53 bits per heavy atom. The quantitative estimate of drug-likeness (QED) is 0.809. The van der Waals surface area contributed by atoms with E-state index in [0.29, 0.717) is 18.7 Å². The van der Waals surface area contributed by atoms with E-state index < -0.39 is 6.04 Å². The minimum atomic E-state index is -0.455. The molecule has 1 atom stereocenters. The summed E-state index contributed by atoms with van der Waals surface area (Å²) in [5, 5.41) is 2.78. The van der Waals surface area contributed by atoms with Crippen LogP contribution < -0.4 is 20.5 Å². The molecule has 0 radical (unpaired) electrons. The van der Waals surface area contributed by atoms with Gasteiger partial charge in [0.05, 0.1) is 6.04 Å². The van der Waals surface area contributed by atoms with E-state index in [1.54, 1.807) is 0 Å². The van der Waals surface area contributed by atoms with Crippen LogP contribution in [0.1, 0.15) is 18.9 Å². The van der Waals surface area contributed by atoms with Gasteiger partial charge in [-0.2, -0.15) is 0 Å². The van der Waals surface area contributed by atoms with Gasteiger partial charge in [0.1, 0.15) is 0 Å². The van der Waals surface area contributed by atoms with Gasteiger partial charge in [-0.25, -0.2) is 0 Å². The lowest BCUT2D eigenvalue weighted by atomic mass is 10.1. The topological polar surface area (TPSA) is 73.6 Å². The maximum absolute atomic E-state index is 11.5. The number of fused-ring (bicyclic) bond motifs is 1. The molecule has 0 saturated heterocycles. The highest BCUT2D eigenvalue weighted by atomic mass is 16.7. The summed E-state index contributed by atoms with van der Waals surface area (Å²) in [6.07, 6.45) is 0.623. The van der Waals surface area contributed by atoms with Gasteiger partial charge in [-0.1, -0.05) is 19.1 Å². The van der Waals surface area contributed by atoms with Crippen LogP contribution in [0.15, 0.2) is 18.2 Å². The third-order valence-electron chi connectivity index (χ3n) is 2.71. The van der Waals surface area contributed by atoms with Gasteiger partial charge in [-0.3, -0.25) is 4.79 Å². The average molecular weight is 236 g/mol. The first kappa shape index (κ1) is 11.7. The number of carbonyl (C=O) groups excluding carboxylic acids is 1. The zero-order chi connectivity index (χ0) is 12.3. The van der Waals surface area contributed by atoms with Gasteiger partial charge in [0.15, 0.2) is 11.5 Å². The summed E-state index contributed by atoms with van der Waals surface area (Å²) in [7, 11) is 0. The summed E-state index contributed by atoms with van der Waals surface area (Å²) in [4.78, 5) is 11.5. The number of para-hydroxylation sites is 1. The van der Waals surface area contributed by atoms with E-state index in [2.05, 4.69) is 5.32 Å². The van der Waals surface area contributed by atoms with E-state index >= 15 is 0 Å². The summed E-state index contributed by atoms with van der Waals surface area (Å²) in [5.74, 6) is 1.28. The number of hydrogen-bond donors (Lipinski definition) is 2. The minimum Gasteiger partial charge on any atom is -0.454 e. The maximum atomic E-state index is 11.5. The van der Waals surface area contributed by atoms with Gasteiger partial charge in [0.25, 0.3) is 0 Å². The number of carbonyl (C=O) groups is 1. The van der Waals surface area contributed by atoms with Crippen LogP contribution in [0.2, 0.25) is 0 Å². The first-order valence-corrected chi connectivity index (χ1v) is 5.63. The maximum Gasteiger partial charge on any atom is 0.237 e. The van der Waals surface area contributed by atoms with Crippen molar-refractivity contribution in [3.05, 3.63) is 23.8 Å². The summed E-state index contributed by atoms with van der Waals surface area (Å²) >= 11 is 0. The summed E-state index contributed by atoms with van der Waals surface area (Å²) in [6, 6.07) is 5.15. The molecule has 17 heavy (non-hydrogen) atoms. The molecule has 0 spiro atoms. The largest absolute Gasteiger partial charge is 0.454 e. The van der Waals surface area contributed by atoms with Crippen LogP contribution in [-0.2, 0) is 11.3 Å². The Bertz CT molecular complexity index is 420. The predicted molar refractivity (Wildman–Crippen MR) is 62.7 cm³/mol. The van der Waals surface area contributed by atoms with Crippen molar-refractivity contribution in [2.45, 2.75) is 25.9 Å². The van der Waals surface area contributed by atoms with Crippen molar-refractivity contribution in [1.82, 2.24) is 5.32 Å². The minimum absolute atomic E-state index is 0.149. The molecule has 3 N–H and O–H groups in total. The Morgan fingerprint density at radius 2 is 2.35 bits per heavy atom. The average Bonchev–Trinajstić information content (AvgIpc) is 2.83. The van der Waals surface area contributed by atoms with Crippen molar-refractivity contribution in [2.24, 2.45) is 5.73 Å². The van der Waals surface area contributed by atoms with Crippen molar-refractivity contribution >= 4 is 5.91 Å². The molecule has 0 bridgehead atoms. The molecule has 1 aromatic carbocycles. The van der Waals surface area contributed by atoms with E-state index in [9.17, 15) is 4.79 Å². The Balaban J connectivity index is 2.00. The molecule has 1 aliphatic heterocycles. The van der Waals surface area contributed by atoms with E-state index in [0.717, 1.165) is 11.3 Å². The van der Waals surface area contributed by atoms with Gasteiger partial charge in [-0.15, -0.1) is 0 Å². The zero-order valence-corrected chi connectivity index (χ0v) is 9.73. The van der Waals surface area contributed by atoms with E-state index in [1.807, 2.05) is 25.1 Å². The lowest BCUT2D eigenvalue weighted by Crippen LogP contribution is -2.39. The van der Waals surface area contributed by atoms with Crippen LogP contribution in [0, 0.1) is 0 Å². The first-order valence-electron chi connectivity index (χ1n) is 5.63. The Labute approximate surface area is 99.9 Å². The number of nitrogens with one attached hydrogen (secondary N) is 1. The van der Waals surface area contributed by atoms with E-state index in [4.69, 9.17) is 15.2 Å². The molecule has 0 unspecified atom stereocenters. The Kier molecular flexibility index (Phi) is 3.49. The molecule has 2 rings (SSSR count). The number of hydrogen-bond acceptors (Lipinski definition) is 4. The van der Waals surface area contributed by atoms with Crippen LogP contribution in [0.25, 0.3) is 0 Å². The monoisotopic (exact) mass is 236 g/mol. The second kappa shape index (κ2) is 5.05. The molecule has 1 amide bonds. The molecule has 1 heterocycles. The van der Waals surface area contributed by atoms with Gasteiger partial charge >= 0.3 is 0 Å². The molecular weight excluding hydrogens is 220 g/mol. The number of amides is 1. The molecule has 0 aromatic heterocycles. The fourth-order valence-electron chi connectivity index (χ4n) is 1.63. The van der Waals surface area contributed by atoms with Crippen LogP contribution in [-0.4, -0.2) is 18.7 Å². The molecular formula is C12H16N2O3. The highest BCUT2D eigenvalue weighted by molar-refractivity contribution is 5.81. The number of rotatable bonds is 4. The van der Waals surface area contributed by atoms with Gasteiger partial charge in [0.2, 0.25) is 12.7 Å². The van der Waals surface area contributed by atoms with Crippen molar-refractivity contribution in [3.63, 3.8) is 0 Å². The molecule has 0 aliphatic carbocycles. The van der Waals surface area contributed by atoms with Gasteiger partial charge in [-0.05, 0) is 12.5 Å². The second-order valence-electron chi connectivity index (χ2n) is 3.88. The highest BCUT2D eigenvalue weighted by Gasteiger charge is 2.18. The molecule has 0 saturated carbocycles. The standard InChI is InChI=1S/C12H16N2O3/c1-2-9(13)12(15)14-6-8-4-3-5-10-11(8)17-7-16-10/h3-5,9H,2,6-7,13H2,1H3,(H,14,15)/t9-/m1/s1. The molecule has 92 valence electrons. The summed E-state index contributed by atoms with van der Waals surface area (Å²) < 4.78 is 10.6. The third kappa shape index (κ3) is 2.50. The van der Waals surface area contributed by atoms with Crippen LogP contribution in [0.4, 0.5) is 0 Å². The number of nitrogens with two attached hydrogens (primary N) is 1. The fraction of sp³-hybridized carbons (Fsp3) is 0.417. The molecule has 1 aromatic rings. The Morgan fingerprint density at radius 3 is 3.12 bits per heavy atom. The highest BCUT2D eigenvalue weighted by Crippen LogP contribution is 2.35. The lowest BCUT2D eigenvalue weighted by Gasteiger charge is -2.11. The van der Waals surface area contributed by atoms with Gasteiger partial charge < -0.3 is 20.5 Å². The van der Waals surface area contributed by atoms with E-state index in [1.165, 1.54) is 0 Å².